The second-order valence-electron chi connectivity index (χ2n) is 6.25. The smallest absolute Gasteiger partial charge is 0.238 e. The summed E-state index contributed by atoms with van der Waals surface area (Å²) < 4.78 is 13.3. The van der Waals surface area contributed by atoms with Crippen LogP contribution in [0.4, 0.5) is 27.5 Å². The number of nitrogens with zero attached hydrogens (tertiary/aromatic N) is 2. The molecule has 0 aliphatic heterocycles. The van der Waals surface area contributed by atoms with Crippen molar-refractivity contribution in [2.45, 2.75) is 0 Å². The van der Waals surface area contributed by atoms with Crippen molar-refractivity contribution in [1.82, 2.24) is 15.3 Å². The van der Waals surface area contributed by atoms with Crippen LogP contribution in [0.25, 0.3) is 0 Å². The van der Waals surface area contributed by atoms with Gasteiger partial charge in [-0.15, -0.1) is 0 Å². The highest BCUT2D eigenvalue weighted by Gasteiger charge is 2.05. The van der Waals surface area contributed by atoms with Gasteiger partial charge in [-0.25, -0.2) is 9.37 Å². The molecule has 1 amide bonds. The lowest BCUT2D eigenvalue weighted by Crippen LogP contribution is -2.25. The predicted molar refractivity (Wildman–Crippen MR) is 116 cm³/mol. The van der Waals surface area contributed by atoms with Gasteiger partial charge >= 0.3 is 0 Å². The molecule has 0 fully saturated rings. The fourth-order valence-corrected chi connectivity index (χ4v) is 2.60. The molecule has 0 saturated heterocycles. The molecular formula is C22H21FN6O. The summed E-state index contributed by atoms with van der Waals surface area (Å²) in [6.45, 7) is 0.231. The molecule has 152 valence electrons. The molecule has 0 aliphatic rings. The molecule has 2 aromatic carbocycles. The van der Waals surface area contributed by atoms with Crippen LogP contribution in [0, 0.1) is 17.7 Å². The Balaban J connectivity index is 1.77. The molecule has 1 heterocycles. The second-order valence-corrected chi connectivity index (χ2v) is 6.25. The Morgan fingerprint density at radius 1 is 1.07 bits per heavy atom. The summed E-state index contributed by atoms with van der Waals surface area (Å²) in [5.41, 5.74) is 2.56. The molecule has 3 aromatic rings. The summed E-state index contributed by atoms with van der Waals surface area (Å²) >= 11 is 0. The zero-order valence-corrected chi connectivity index (χ0v) is 16.6. The van der Waals surface area contributed by atoms with E-state index in [1.54, 1.807) is 44.6 Å². The largest absolute Gasteiger partial charge is 0.372 e. The molecular weight excluding hydrogens is 383 g/mol. The zero-order valence-electron chi connectivity index (χ0n) is 16.6. The van der Waals surface area contributed by atoms with E-state index in [4.69, 9.17) is 0 Å². The summed E-state index contributed by atoms with van der Waals surface area (Å²) in [6.07, 6.45) is 1.59. The van der Waals surface area contributed by atoms with Gasteiger partial charge in [0.1, 0.15) is 11.6 Å². The van der Waals surface area contributed by atoms with Gasteiger partial charge in [0, 0.05) is 24.0 Å². The van der Waals surface area contributed by atoms with Crippen molar-refractivity contribution in [1.29, 1.82) is 0 Å². The highest BCUT2D eigenvalue weighted by atomic mass is 19.1. The minimum atomic E-state index is -0.347. The Kier molecular flexibility index (Phi) is 6.92. The third kappa shape index (κ3) is 5.77. The average Bonchev–Trinajstić information content (AvgIpc) is 2.73. The predicted octanol–water partition coefficient (Wildman–Crippen LogP) is 2.96. The van der Waals surface area contributed by atoms with Gasteiger partial charge in [-0.05, 0) is 43.4 Å². The Morgan fingerprint density at radius 2 is 1.87 bits per heavy atom. The maximum atomic E-state index is 13.3. The van der Waals surface area contributed by atoms with Crippen LogP contribution in [0.1, 0.15) is 11.1 Å². The van der Waals surface area contributed by atoms with E-state index in [0.29, 0.717) is 28.7 Å². The van der Waals surface area contributed by atoms with Gasteiger partial charge < -0.3 is 21.3 Å². The van der Waals surface area contributed by atoms with Crippen molar-refractivity contribution >= 4 is 29.0 Å². The average molecular weight is 404 g/mol. The molecule has 4 N–H and O–H groups in total. The first kappa shape index (κ1) is 20.8. The van der Waals surface area contributed by atoms with Crippen LogP contribution in [0.15, 0.2) is 54.7 Å². The Bertz CT molecular complexity index is 1110. The number of hydrogen-bond acceptors (Lipinski definition) is 6. The standard InChI is InChI=1S/C22H21FN6O/c1-24-14-20(30)27-18-7-3-5-15(11-18)9-10-16-13-26-22(29-21(16)25-2)28-19-8-4-6-17(23)12-19/h3-8,11-13,24H,14H2,1-2H3,(H,27,30)(H2,25,26,28,29). The topological polar surface area (TPSA) is 91.0 Å². The molecule has 7 nitrogen and oxygen atoms in total. The summed E-state index contributed by atoms with van der Waals surface area (Å²) in [5, 5.41) is 11.5. The minimum absolute atomic E-state index is 0.130. The number of amides is 1. The molecule has 1 aromatic heterocycles. The van der Waals surface area contributed by atoms with Gasteiger partial charge in [0.2, 0.25) is 11.9 Å². The van der Waals surface area contributed by atoms with Crippen LogP contribution in [0.2, 0.25) is 0 Å². The molecule has 0 spiro atoms. The molecule has 0 bridgehead atoms. The van der Waals surface area contributed by atoms with Gasteiger partial charge in [-0.1, -0.05) is 24.0 Å². The van der Waals surface area contributed by atoms with Gasteiger partial charge in [0.15, 0.2) is 0 Å². The van der Waals surface area contributed by atoms with E-state index >= 15 is 0 Å². The lowest BCUT2D eigenvalue weighted by molar-refractivity contribution is -0.115. The van der Waals surface area contributed by atoms with E-state index in [2.05, 4.69) is 43.1 Å². The third-order valence-corrected chi connectivity index (χ3v) is 3.93. The Hall–Kier alpha value is -3.96. The number of carbonyl (C=O) groups is 1. The van der Waals surface area contributed by atoms with E-state index in [1.807, 2.05) is 12.1 Å². The number of hydrogen-bond donors (Lipinski definition) is 4. The van der Waals surface area contributed by atoms with Crippen molar-refractivity contribution in [2.24, 2.45) is 0 Å². The van der Waals surface area contributed by atoms with E-state index in [1.165, 1.54) is 12.1 Å². The van der Waals surface area contributed by atoms with E-state index in [-0.39, 0.29) is 18.3 Å². The van der Waals surface area contributed by atoms with E-state index in [0.717, 1.165) is 5.56 Å². The highest BCUT2D eigenvalue weighted by molar-refractivity contribution is 5.92. The summed E-state index contributed by atoms with van der Waals surface area (Å²) in [7, 11) is 3.44. The van der Waals surface area contributed by atoms with Crippen LogP contribution < -0.4 is 21.3 Å². The third-order valence-electron chi connectivity index (χ3n) is 3.93. The fourth-order valence-electron chi connectivity index (χ4n) is 2.60. The number of likely N-dealkylation sites (N-methyl/N-ethyl adjacent to an activating group) is 1. The van der Waals surface area contributed by atoms with Crippen LogP contribution in [0.3, 0.4) is 0 Å². The fraction of sp³-hybridized carbons (Fsp3) is 0.136. The second kappa shape index (κ2) is 10.0. The number of aromatic nitrogens is 2. The monoisotopic (exact) mass is 404 g/mol. The van der Waals surface area contributed by atoms with Crippen molar-refractivity contribution in [3.05, 3.63) is 71.7 Å². The molecule has 0 atom stereocenters. The number of rotatable bonds is 6. The first-order chi connectivity index (χ1) is 14.6. The number of carbonyl (C=O) groups excluding carboxylic acids is 1. The zero-order chi connectivity index (χ0) is 21.3. The van der Waals surface area contributed by atoms with Gasteiger partial charge in [-0.2, -0.15) is 4.98 Å². The summed E-state index contributed by atoms with van der Waals surface area (Å²) in [4.78, 5) is 20.3. The number of nitrogens with one attached hydrogen (secondary N) is 4. The molecule has 0 radical (unpaired) electrons. The Labute approximate surface area is 174 Å². The molecule has 8 heteroatoms. The van der Waals surface area contributed by atoms with Crippen molar-refractivity contribution in [3.8, 4) is 11.8 Å². The van der Waals surface area contributed by atoms with Crippen molar-refractivity contribution in [3.63, 3.8) is 0 Å². The van der Waals surface area contributed by atoms with Gasteiger partial charge in [0.25, 0.3) is 0 Å². The van der Waals surface area contributed by atoms with Crippen LogP contribution >= 0.6 is 0 Å². The normalized spacial score (nSPS) is 9.97. The van der Waals surface area contributed by atoms with Crippen LogP contribution in [0.5, 0.6) is 0 Å². The van der Waals surface area contributed by atoms with Crippen LogP contribution in [-0.2, 0) is 4.79 Å². The molecule has 0 unspecified atom stereocenters. The maximum Gasteiger partial charge on any atom is 0.238 e. The first-order valence-corrected chi connectivity index (χ1v) is 9.21. The molecule has 0 aliphatic carbocycles. The summed E-state index contributed by atoms with van der Waals surface area (Å²) in [5.74, 6) is 6.47. The minimum Gasteiger partial charge on any atom is -0.372 e. The number of anilines is 4. The lowest BCUT2D eigenvalue weighted by Gasteiger charge is -2.08. The summed E-state index contributed by atoms with van der Waals surface area (Å²) in [6, 6.07) is 13.3. The van der Waals surface area contributed by atoms with Crippen molar-refractivity contribution < 1.29 is 9.18 Å². The number of halogens is 1. The van der Waals surface area contributed by atoms with E-state index in [9.17, 15) is 9.18 Å². The van der Waals surface area contributed by atoms with Crippen LogP contribution in [-0.4, -0.2) is 36.5 Å². The highest BCUT2D eigenvalue weighted by Crippen LogP contribution is 2.18. The van der Waals surface area contributed by atoms with Gasteiger partial charge in [-0.3, -0.25) is 4.79 Å². The number of benzene rings is 2. The Morgan fingerprint density at radius 3 is 2.63 bits per heavy atom. The maximum absolute atomic E-state index is 13.3. The molecule has 3 rings (SSSR count). The molecule has 0 saturated carbocycles. The molecule has 30 heavy (non-hydrogen) atoms. The first-order valence-electron chi connectivity index (χ1n) is 9.21. The van der Waals surface area contributed by atoms with Gasteiger partial charge in [0.05, 0.1) is 18.3 Å². The van der Waals surface area contributed by atoms with E-state index < -0.39 is 0 Å². The lowest BCUT2D eigenvalue weighted by atomic mass is 10.2. The SMILES string of the molecule is CNCC(=O)Nc1cccc(C#Cc2cnc(Nc3cccc(F)c3)nc2NC)c1. The quantitative estimate of drug-likeness (QED) is 0.472. The van der Waals surface area contributed by atoms with Crippen molar-refractivity contribution in [2.75, 3.05) is 36.6 Å².